The minimum absolute atomic E-state index is 0.242. The van der Waals surface area contributed by atoms with Crippen molar-refractivity contribution in [1.29, 1.82) is 0 Å². The van der Waals surface area contributed by atoms with E-state index in [-0.39, 0.29) is 6.04 Å². The molecule has 2 N–H and O–H groups in total. The largest absolute Gasteiger partial charge is 0.335 e. The molecule has 1 saturated carbocycles. The molecule has 1 saturated heterocycles. The molecule has 0 spiro atoms. The topological polar surface area (TPSA) is 46.3 Å². The van der Waals surface area contributed by atoms with Crippen LogP contribution in [0.4, 0.5) is 0 Å². The van der Waals surface area contributed by atoms with Gasteiger partial charge in [0.25, 0.3) is 0 Å². The van der Waals surface area contributed by atoms with Crippen molar-refractivity contribution >= 4 is 17.2 Å². The highest BCUT2D eigenvalue weighted by Gasteiger charge is 2.33. The van der Waals surface area contributed by atoms with Gasteiger partial charge in [-0.1, -0.05) is 12.5 Å². The molecule has 19 heavy (non-hydrogen) atoms. The summed E-state index contributed by atoms with van der Waals surface area (Å²) in [5, 5.41) is 2.10. The van der Waals surface area contributed by atoms with Gasteiger partial charge in [0.15, 0.2) is 0 Å². The highest BCUT2D eigenvalue weighted by molar-refractivity contribution is 7.10. The normalized spacial score (nSPS) is 31.0. The lowest BCUT2D eigenvalue weighted by atomic mass is 9.99. The average Bonchev–Trinajstić information content (AvgIpc) is 3.09. The van der Waals surface area contributed by atoms with E-state index in [9.17, 15) is 4.79 Å². The SMILES string of the molecule is N[C@@H]1CCC[C@H]1CC(=O)N1CCCC1c1cccs1. The molecule has 1 amide bonds. The molecule has 1 aromatic rings. The Kier molecular flexibility index (Phi) is 3.89. The summed E-state index contributed by atoms with van der Waals surface area (Å²) >= 11 is 1.77. The molecule has 1 aliphatic carbocycles. The lowest BCUT2D eigenvalue weighted by molar-refractivity contribution is -0.133. The molecule has 0 aromatic carbocycles. The maximum atomic E-state index is 12.5. The molecule has 4 heteroatoms. The lowest BCUT2D eigenvalue weighted by Crippen LogP contribution is -2.34. The summed E-state index contributed by atoms with van der Waals surface area (Å²) in [6.07, 6.45) is 6.31. The first-order valence-corrected chi connectivity index (χ1v) is 8.22. The maximum Gasteiger partial charge on any atom is 0.223 e. The van der Waals surface area contributed by atoms with Crippen LogP contribution in [0.15, 0.2) is 17.5 Å². The zero-order valence-electron chi connectivity index (χ0n) is 11.3. The van der Waals surface area contributed by atoms with E-state index in [0.717, 1.165) is 32.2 Å². The molecule has 104 valence electrons. The minimum Gasteiger partial charge on any atom is -0.335 e. The first kappa shape index (κ1) is 13.1. The molecule has 0 radical (unpaired) electrons. The second kappa shape index (κ2) is 5.63. The molecule has 3 atom stereocenters. The summed E-state index contributed by atoms with van der Waals surface area (Å²) < 4.78 is 0. The van der Waals surface area contributed by atoms with Gasteiger partial charge in [-0.3, -0.25) is 4.79 Å². The van der Waals surface area contributed by atoms with Gasteiger partial charge in [0, 0.05) is 23.9 Å². The van der Waals surface area contributed by atoms with Crippen molar-refractivity contribution in [2.75, 3.05) is 6.54 Å². The van der Waals surface area contributed by atoms with Crippen LogP contribution in [0.3, 0.4) is 0 Å². The third-order valence-corrected chi connectivity index (χ3v) is 5.57. The van der Waals surface area contributed by atoms with E-state index in [1.54, 1.807) is 11.3 Å². The number of likely N-dealkylation sites (tertiary alicyclic amines) is 1. The molecule has 3 nitrogen and oxygen atoms in total. The molecule has 1 aromatic heterocycles. The minimum atomic E-state index is 0.242. The standard InChI is InChI=1S/C15H22N2OS/c16-12-5-1-4-11(12)10-15(18)17-8-2-6-13(17)14-7-3-9-19-14/h3,7,9,11-13H,1-2,4-6,8,10,16H2/t11-,12+,13?/m0/s1. The van der Waals surface area contributed by atoms with Crippen LogP contribution in [-0.2, 0) is 4.79 Å². The zero-order valence-corrected chi connectivity index (χ0v) is 12.1. The summed E-state index contributed by atoms with van der Waals surface area (Å²) in [4.78, 5) is 16.0. The van der Waals surface area contributed by atoms with Crippen molar-refractivity contribution in [3.8, 4) is 0 Å². The highest BCUT2D eigenvalue weighted by atomic mass is 32.1. The Morgan fingerprint density at radius 3 is 2.95 bits per heavy atom. The molecular weight excluding hydrogens is 256 g/mol. The van der Waals surface area contributed by atoms with Gasteiger partial charge in [0.1, 0.15) is 0 Å². The number of thiophene rings is 1. The molecule has 2 heterocycles. The van der Waals surface area contributed by atoms with Crippen molar-refractivity contribution in [2.24, 2.45) is 11.7 Å². The van der Waals surface area contributed by atoms with Crippen LogP contribution in [0, 0.1) is 5.92 Å². The number of hydrogen-bond donors (Lipinski definition) is 1. The third kappa shape index (κ3) is 2.70. The smallest absolute Gasteiger partial charge is 0.223 e. The first-order valence-electron chi connectivity index (χ1n) is 7.34. The first-order chi connectivity index (χ1) is 9.25. The Labute approximate surface area is 118 Å². The van der Waals surface area contributed by atoms with Crippen molar-refractivity contribution in [2.45, 2.75) is 50.6 Å². The third-order valence-electron chi connectivity index (χ3n) is 4.60. The Bertz CT molecular complexity index is 431. The van der Waals surface area contributed by atoms with Crippen molar-refractivity contribution in [3.05, 3.63) is 22.4 Å². The van der Waals surface area contributed by atoms with Crippen LogP contribution in [0.1, 0.15) is 49.4 Å². The molecule has 1 aliphatic heterocycles. The predicted octanol–water partition coefficient (Wildman–Crippen LogP) is 2.93. The van der Waals surface area contributed by atoms with Crippen LogP contribution in [0.5, 0.6) is 0 Å². The number of carbonyl (C=O) groups is 1. The number of nitrogens with zero attached hydrogens (tertiary/aromatic N) is 1. The fourth-order valence-electron chi connectivity index (χ4n) is 3.50. The number of hydrogen-bond acceptors (Lipinski definition) is 3. The maximum absolute atomic E-state index is 12.5. The summed E-state index contributed by atoms with van der Waals surface area (Å²) in [6, 6.07) is 4.80. The lowest BCUT2D eigenvalue weighted by Gasteiger charge is -2.26. The van der Waals surface area contributed by atoms with Gasteiger partial charge in [-0.2, -0.15) is 0 Å². The predicted molar refractivity (Wildman–Crippen MR) is 77.9 cm³/mol. The highest BCUT2D eigenvalue weighted by Crippen LogP contribution is 2.36. The average molecular weight is 278 g/mol. The molecule has 1 unspecified atom stereocenters. The van der Waals surface area contributed by atoms with Crippen LogP contribution >= 0.6 is 11.3 Å². The van der Waals surface area contributed by atoms with Gasteiger partial charge >= 0.3 is 0 Å². The quantitative estimate of drug-likeness (QED) is 0.924. The van der Waals surface area contributed by atoms with E-state index >= 15 is 0 Å². The fraction of sp³-hybridized carbons (Fsp3) is 0.667. The molecule has 3 rings (SSSR count). The number of amides is 1. The second-order valence-corrected chi connectivity index (χ2v) is 6.80. The monoisotopic (exact) mass is 278 g/mol. The van der Waals surface area contributed by atoms with Gasteiger partial charge in [0.2, 0.25) is 5.91 Å². The number of rotatable bonds is 3. The van der Waals surface area contributed by atoms with Gasteiger partial charge in [-0.15, -0.1) is 11.3 Å². The van der Waals surface area contributed by atoms with E-state index in [2.05, 4.69) is 22.4 Å². The van der Waals surface area contributed by atoms with Crippen molar-refractivity contribution in [3.63, 3.8) is 0 Å². The van der Waals surface area contributed by atoms with Crippen LogP contribution in [-0.4, -0.2) is 23.4 Å². The summed E-state index contributed by atoms with van der Waals surface area (Å²) in [5.41, 5.74) is 6.09. The van der Waals surface area contributed by atoms with Crippen LogP contribution < -0.4 is 5.73 Å². The molecule has 2 fully saturated rings. The summed E-state index contributed by atoms with van der Waals surface area (Å²) in [7, 11) is 0. The van der Waals surface area contributed by atoms with Crippen LogP contribution in [0.2, 0.25) is 0 Å². The molecule has 0 bridgehead atoms. The van der Waals surface area contributed by atoms with Crippen LogP contribution in [0.25, 0.3) is 0 Å². The van der Waals surface area contributed by atoms with Gasteiger partial charge < -0.3 is 10.6 Å². The Morgan fingerprint density at radius 2 is 2.26 bits per heavy atom. The summed E-state index contributed by atoms with van der Waals surface area (Å²) in [6.45, 7) is 0.920. The van der Waals surface area contributed by atoms with E-state index in [1.807, 2.05) is 0 Å². The number of carbonyl (C=O) groups excluding carboxylic acids is 1. The molecular formula is C15H22N2OS. The number of nitrogens with two attached hydrogens (primary N) is 1. The van der Waals surface area contributed by atoms with Gasteiger partial charge in [0.05, 0.1) is 6.04 Å². The van der Waals surface area contributed by atoms with E-state index in [1.165, 1.54) is 11.3 Å². The van der Waals surface area contributed by atoms with Gasteiger partial charge in [-0.05, 0) is 43.0 Å². The van der Waals surface area contributed by atoms with E-state index in [0.29, 0.717) is 24.3 Å². The molecule has 2 aliphatic rings. The van der Waals surface area contributed by atoms with E-state index < -0.39 is 0 Å². The Hall–Kier alpha value is -0.870. The zero-order chi connectivity index (χ0) is 13.2. The Morgan fingerprint density at radius 1 is 1.37 bits per heavy atom. The second-order valence-electron chi connectivity index (χ2n) is 5.82. The van der Waals surface area contributed by atoms with Gasteiger partial charge in [-0.25, -0.2) is 0 Å². The summed E-state index contributed by atoms with van der Waals surface area (Å²) in [5.74, 6) is 0.732. The fourth-order valence-corrected chi connectivity index (χ4v) is 4.38. The van der Waals surface area contributed by atoms with Crippen molar-refractivity contribution in [1.82, 2.24) is 4.90 Å². The van der Waals surface area contributed by atoms with Crippen molar-refractivity contribution < 1.29 is 4.79 Å². The Balaban J connectivity index is 1.65. The van der Waals surface area contributed by atoms with E-state index in [4.69, 9.17) is 5.73 Å².